The van der Waals surface area contributed by atoms with Gasteiger partial charge in [0.25, 0.3) is 0 Å². The largest absolute Gasteiger partial charge is 0.497 e. The number of aliphatic imine (C=N–C) groups is 1. The summed E-state index contributed by atoms with van der Waals surface area (Å²) in [6, 6.07) is 16.4. The Labute approximate surface area is 158 Å². The zero-order valence-corrected chi connectivity index (χ0v) is 15.7. The summed E-state index contributed by atoms with van der Waals surface area (Å²) in [5, 5.41) is 1.04. The Balaban J connectivity index is 1.40. The Morgan fingerprint density at radius 3 is 3.00 bits per heavy atom. The number of hydrogen-bond donors (Lipinski definition) is 0. The fourth-order valence-corrected chi connectivity index (χ4v) is 4.55. The van der Waals surface area contributed by atoms with E-state index >= 15 is 0 Å². The fourth-order valence-electron chi connectivity index (χ4n) is 3.68. The third-order valence-corrected chi connectivity index (χ3v) is 5.95. The van der Waals surface area contributed by atoms with Crippen LogP contribution in [0.1, 0.15) is 30.0 Å². The summed E-state index contributed by atoms with van der Waals surface area (Å²) in [7, 11) is 1.67. The van der Waals surface area contributed by atoms with Crippen LogP contribution in [-0.4, -0.2) is 35.3 Å². The second kappa shape index (κ2) is 7.54. The summed E-state index contributed by atoms with van der Waals surface area (Å²) in [4.78, 5) is 19.5. The number of methoxy groups -OCH3 is 1. The highest BCUT2D eigenvalue weighted by Crippen LogP contribution is 2.35. The van der Waals surface area contributed by atoms with Crippen LogP contribution in [0.4, 0.5) is 5.69 Å². The van der Waals surface area contributed by atoms with Crippen LogP contribution < -0.4 is 4.74 Å². The maximum absolute atomic E-state index is 12.8. The number of likely N-dealkylation sites (tertiary alicyclic amines) is 1. The van der Waals surface area contributed by atoms with Gasteiger partial charge in [-0.2, -0.15) is 0 Å². The van der Waals surface area contributed by atoms with Crippen LogP contribution in [0, 0.1) is 0 Å². The Hall–Kier alpha value is -2.27. The lowest BCUT2D eigenvalue weighted by molar-refractivity contribution is -0.129. The summed E-state index contributed by atoms with van der Waals surface area (Å²) in [5.41, 5.74) is 3.45. The predicted octanol–water partition coefficient (Wildman–Crippen LogP) is 4.38. The van der Waals surface area contributed by atoms with Gasteiger partial charge in [0, 0.05) is 13.0 Å². The molecule has 0 spiro atoms. The molecule has 134 valence electrons. The molecule has 5 heteroatoms. The van der Waals surface area contributed by atoms with Crippen LogP contribution in [-0.2, 0) is 11.2 Å². The number of rotatable bonds is 4. The second-order valence-electron chi connectivity index (χ2n) is 6.62. The molecule has 0 N–H and O–H groups in total. The van der Waals surface area contributed by atoms with Gasteiger partial charge in [-0.25, -0.2) is 4.99 Å². The number of nitrogens with zero attached hydrogens (tertiary/aromatic N) is 2. The van der Waals surface area contributed by atoms with Crippen molar-refractivity contribution in [2.24, 2.45) is 4.99 Å². The van der Waals surface area contributed by atoms with Crippen LogP contribution in [0.5, 0.6) is 5.75 Å². The van der Waals surface area contributed by atoms with Crippen LogP contribution >= 0.6 is 11.8 Å². The molecule has 1 fully saturated rings. The Morgan fingerprint density at radius 2 is 2.15 bits per heavy atom. The maximum atomic E-state index is 12.8. The van der Waals surface area contributed by atoms with Gasteiger partial charge in [0.05, 0.1) is 29.6 Å². The molecule has 1 saturated heterocycles. The molecule has 0 aromatic heterocycles. The number of benzene rings is 2. The molecule has 26 heavy (non-hydrogen) atoms. The topological polar surface area (TPSA) is 41.9 Å². The van der Waals surface area contributed by atoms with Crippen molar-refractivity contribution in [3.05, 3.63) is 59.7 Å². The Kier molecular flexibility index (Phi) is 4.98. The molecule has 1 amide bonds. The van der Waals surface area contributed by atoms with Gasteiger partial charge in [0.15, 0.2) is 0 Å². The summed E-state index contributed by atoms with van der Waals surface area (Å²) >= 11 is 1.57. The predicted molar refractivity (Wildman–Crippen MR) is 106 cm³/mol. The second-order valence-corrected chi connectivity index (χ2v) is 7.67. The van der Waals surface area contributed by atoms with Gasteiger partial charge in [-0.1, -0.05) is 30.3 Å². The van der Waals surface area contributed by atoms with Crippen LogP contribution in [0.3, 0.4) is 0 Å². The third kappa shape index (κ3) is 3.49. The molecule has 4 rings (SSSR count). The zero-order valence-electron chi connectivity index (χ0n) is 14.9. The number of hydrogen-bond acceptors (Lipinski definition) is 4. The van der Waals surface area contributed by atoms with Crippen molar-refractivity contribution >= 4 is 28.4 Å². The summed E-state index contributed by atoms with van der Waals surface area (Å²) in [5.74, 6) is 1.49. The monoisotopic (exact) mass is 366 g/mol. The van der Waals surface area contributed by atoms with Crippen molar-refractivity contribution in [1.82, 2.24) is 4.90 Å². The van der Waals surface area contributed by atoms with Crippen molar-refractivity contribution in [3.8, 4) is 5.75 Å². The number of para-hydroxylation sites is 1. The van der Waals surface area contributed by atoms with Gasteiger partial charge in [0.2, 0.25) is 5.91 Å². The van der Waals surface area contributed by atoms with Crippen LogP contribution in [0.2, 0.25) is 0 Å². The number of fused-ring (bicyclic) bond motifs is 1. The molecule has 2 heterocycles. The first-order chi connectivity index (χ1) is 12.7. The molecule has 1 atom stereocenters. The van der Waals surface area contributed by atoms with Crippen molar-refractivity contribution in [2.45, 2.75) is 25.3 Å². The highest BCUT2D eigenvalue weighted by Gasteiger charge is 2.30. The molecule has 2 aliphatic heterocycles. The van der Waals surface area contributed by atoms with Gasteiger partial charge in [-0.15, -0.1) is 11.8 Å². The van der Waals surface area contributed by atoms with Gasteiger partial charge in [0.1, 0.15) is 5.75 Å². The first-order valence-corrected chi connectivity index (χ1v) is 9.95. The first kappa shape index (κ1) is 17.2. The molecular formula is C21H22N2O2S. The molecule has 4 nitrogen and oxygen atoms in total. The first-order valence-electron chi connectivity index (χ1n) is 8.96. The van der Waals surface area contributed by atoms with E-state index in [0.29, 0.717) is 5.75 Å². The van der Waals surface area contributed by atoms with Gasteiger partial charge < -0.3 is 9.64 Å². The molecule has 2 aliphatic rings. The minimum Gasteiger partial charge on any atom is -0.497 e. The van der Waals surface area contributed by atoms with Gasteiger partial charge in [-0.3, -0.25) is 4.79 Å². The normalized spacial score (nSPS) is 18.6. The number of amides is 1. The van der Waals surface area contributed by atoms with Gasteiger partial charge >= 0.3 is 0 Å². The van der Waals surface area contributed by atoms with E-state index in [4.69, 9.17) is 4.74 Å². The smallest absolute Gasteiger partial charge is 0.233 e. The highest BCUT2D eigenvalue weighted by molar-refractivity contribution is 8.14. The van der Waals surface area contributed by atoms with E-state index in [0.717, 1.165) is 47.9 Å². The molecule has 0 bridgehead atoms. The molecule has 1 unspecified atom stereocenters. The van der Waals surface area contributed by atoms with Crippen LogP contribution in [0.25, 0.3) is 0 Å². The quantitative estimate of drug-likeness (QED) is 0.806. The van der Waals surface area contributed by atoms with E-state index in [9.17, 15) is 4.79 Å². The lowest BCUT2D eigenvalue weighted by atomic mass is 10.0. The lowest BCUT2D eigenvalue weighted by Gasteiger charge is -2.25. The van der Waals surface area contributed by atoms with E-state index < -0.39 is 0 Å². The van der Waals surface area contributed by atoms with Crippen molar-refractivity contribution in [2.75, 3.05) is 19.4 Å². The summed E-state index contributed by atoms with van der Waals surface area (Å²) < 4.78 is 5.33. The maximum Gasteiger partial charge on any atom is 0.233 e. The third-order valence-electron chi connectivity index (χ3n) is 4.99. The number of carbonyl (C=O) groups is 1. The number of thioether (sulfide) groups is 1. The SMILES string of the molecule is COc1cccc(C2CCCN2C(=O)CSC2=Nc3ccccc3C2)c1. The van der Waals surface area contributed by atoms with Crippen molar-refractivity contribution in [1.29, 1.82) is 0 Å². The highest BCUT2D eigenvalue weighted by atomic mass is 32.2. The fraction of sp³-hybridized carbons (Fsp3) is 0.333. The minimum absolute atomic E-state index is 0.154. The molecule has 2 aromatic rings. The van der Waals surface area contributed by atoms with E-state index in [1.807, 2.05) is 41.3 Å². The van der Waals surface area contributed by atoms with Crippen molar-refractivity contribution < 1.29 is 9.53 Å². The summed E-state index contributed by atoms with van der Waals surface area (Å²) in [6.07, 6.45) is 2.90. The van der Waals surface area contributed by atoms with E-state index in [2.05, 4.69) is 17.1 Å². The summed E-state index contributed by atoms with van der Waals surface area (Å²) in [6.45, 7) is 0.827. The Bertz CT molecular complexity index is 849. The van der Waals surface area contributed by atoms with Gasteiger partial charge in [-0.05, 0) is 42.2 Å². The Morgan fingerprint density at radius 1 is 1.27 bits per heavy atom. The molecule has 0 saturated carbocycles. The zero-order chi connectivity index (χ0) is 17.9. The number of ether oxygens (including phenoxy) is 1. The molecule has 2 aromatic carbocycles. The van der Waals surface area contributed by atoms with Crippen molar-refractivity contribution in [3.63, 3.8) is 0 Å². The number of carbonyl (C=O) groups excluding carboxylic acids is 1. The molecular weight excluding hydrogens is 344 g/mol. The lowest BCUT2D eigenvalue weighted by Crippen LogP contribution is -2.32. The average molecular weight is 366 g/mol. The standard InChI is InChI=1S/C21H22N2O2S/c1-25-17-8-4-7-16(12-17)19-10-5-11-23(19)21(24)14-26-20-13-15-6-2-3-9-18(15)22-20/h2-4,6-9,12,19H,5,10-11,13-14H2,1H3. The van der Waals surface area contributed by atoms with E-state index in [1.165, 1.54) is 5.56 Å². The average Bonchev–Trinajstić information content (AvgIpc) is 3.32. The minimum atomic E-state index is 0.154. The molecule has 0 aliphatic carbocycles. The van der Waals surface area contributed by atoms with E-state index in [1.54, 1.807) is 18.9 Å². The van der Waals surface area contributed by atoms with Crippen LogP contribution in [0.15, 0.2) is 53.5 Å². The van der Waals surface area contributed by atoms with E-state index in [-0.39, 0.29) is 11.9 Å². The molecule has 0 radical (unpaired) electrons.